The molecule has 2 aromatic rings. The Kier molecular flexibility index (Phi) is 4.29. The van der Waals surface area contributed by atoms with E-state index < -0.39 is 89.2 Å². The maximum Gasteiger partial charge on any atom is 1.00 e. The summed E-state index contributed by atoms with van der Waals surface area (Å²) >= 11 is 0. The zero-order valence-electron chi connectivity index (χ0n) is 17.7. The number of carboxylic acids is 1. The van der Waals surface area contributed by atoms with E-state index >= 15 is 0 Å². The molecule has 1 aliphatic rings. The Labute approximate surface area is 169 Å². The van der Waals surface area contributed by atoms with E-state index in [2.05, 4.69) is 0 Å². The van der Waals surface area contributed by atoms with Crippen LogP contribution in [0.1, 0.15) is 6.85 Å². The molecule has 25 heavy (non-hydrogen) atoms. The van der Waals surface area contributed by atoms with E-state index in [1.165, 1.54) is 0 Å². The summed E-state index contributed by atoms with van der Waals surface area (Å²) in [5, 5.41) is 40.0. The first kappa shape index (κ1) is 13.7. The van der Waals surface area contributed by atoms with Crippen LogP contribution in [0.5, 0.6) is 5.75 Å². The van der Waals surface area contributed by atoms with Gasteiger partial charge in [0.1, 0.15) is 35.7 Å². The first-order valence-electron chi connectivity index (χ1n) is 9.08. The van der Waals surface area contributed by atoms with Gasteiger partial charge >= 0.3 is 35.2 Å². The Morgan fingerprint density at radius 2 is 1.84 bits per heavy atom. The molecule has 1 fully saturated rings. The van der Waals surface area contributed by atoms with Gasteiger partial charge in [-0.3, -0.25) is 0 Å². The fraction of sp³-hybridized carbons (Fsp3) is 0.333. The number of rotatable bonds is 3. The van der Waals surface area contributed by atoms with Crippen molar-refractivity contribution in [2.24, 2.45) is 0 Å². The van der Waals surface area contributed by atoms with Crippen LogP contribution in [0.4, 0.5) is 0 Å². The molecule has 10 heteroatoms. The van der Waals surface area contributed by atoms with Crippen molar-refractivity contribution in [3.8, 4) is 5.75 Å². The molecule has 1 aromatic heterocycles. The van der Waals surface area contributed by atoms with E-state index in [4.69, 9.17) is 20.7 Å². The predicted octanol–water partition coefficient (Wildman–Crippen LogP) is -5.27. The van der Waals surface area contributed by atoms with Crippen molar-refractivity contribution in [1.29, 1.82) is 0 Å². The van der Waals surface area contributed by atoms with Gasteiger partial charge in [0, 0.05) is 17.5 Å². The van der Waals surface area contributed by atoms with Gasteiger partial charge in [-0.25, -0.2) is 4.79 Å². The van der Waals surface area contributed by atoms with Gasteiger partial charge in [-0.05, 0) is 18.1 Å². The molecule has 0 saturated carbocycles. The van der Waals surface area contributed by atoms with E-state index in [1.807, 2.05) is 0 Å². The average molecular weight is 365 g/mol. The summed E-state index contributed by atoms with van der Waals surface area (Å²) in [6.45, 7) is 0. The Morgan fingerprint density at radius 1 is 1.16 bits per heavy atom. The third-order valence-electron chi connectivity index (χ3n) is 3.28. The van der Waals surface area contributed by atoms with Crippen LogP contribution in [-0.2, 0) is 9.53 Å². The van der Waals surface area contributed by atoms with Crippen molar-refractivity contribution in [2.75, 3.05) is 0 Å². The van der Waals surface area contributed by atoms with Gasteiger partial charge < -0.3 is 39.1 Å². The number of ether oxygens (including phenoxy) is 2. The van der Waals surface area contributed by atoms with Crippen LogP contribution in [-0.4, -0.2) is 52.0 Å². The molecule has 9 nitrogen and oxygen atoms in total. The molecule has 0 bridgehead atoms. The van der Waals surface area contributed by atoms with Crippen LogP contribution < -0.4 is 45.0 Å². The molecule has 3 rings (SSSR count). The molecule has 0 aliphatic carbocycles. The molecule has 2 heterocycles. The zero-order valence-corrected chi connectivity index (χ0v) is 14.7. The molecule has 0 spiro atoms. The smallest absolute Gasteiger partial charge is 0.547 e. The number of aliphatic hydroxyl groups excluding tert-OH is 3. The first-order valence-corrected chi connectivity index (χ1v) is 6.58. The summed E-state index contributed by atoms with van der Waals surface area (Å²) in [7, 11) is 0. The minimum absolute atomic E-state index is 0. The van der Waals surface area contributed by atoms with Crippen molar-refractivity contribution < 1.29 is 75.5 Å². The fourth-order valence-corrected chi connectivity index (χ4v) is 2.08. The van der Waals surface area contributed by atoms with Gasteiger partial charge in [-0.15, -0.1) is 0 Å². The second-order valence-electron chi connectivity index (χ2n) is 4.88. The third-order valence-corrected chi connectivity index (χ3v) is 3.28. The Bertz CT molecular complexity index is 1060. The zero-order chi connectivity index (χ0) is 21.8. The number of carbonyl (C=O) groups is 1. The number of aliphatic hydroxyl groups is 3. The van der Waals surface area contributed by atoms with Gasteiger partial charge in [0.05, 0.1) is 12.8 Å². The fourth-order valence-electron chi connectivity index (χ4n) is 2.08. The molecule has 5 unspecified atom stereocenters. The summed E-state index contributed by atoms with van der Waals surface area (Å²) in [4.78, 5) is 22.7. The molecule has 3 N–H and O–H groups in total. The second kappa shape index (κ2) is 7.83. The molecule has 128 valence electrons. The molecule has 1 saturated heterocycles. The van der Waals surface area contributed by atoms with Gasteiger partial charge in [-0.1, -0.05) is 0 Å². The molecular weight excluding hydrogens is 347 g/mol. The van der Waals surface area contributed by atoms with Crippen LogP contribution in [0.3, 0.4) is 0 Å². The van der Waals surface area contributed by atoms with Gasteiger partial charge in [0.2, 0.25) is 6.29 Å². The molecule has 0 radical (unpaired) electrons. The van der Waals surface area contributed by atoms with E-state index in [0.29, 0.717) is 0 Å². The number of carboxylic acid groups (broad SMARTS) is 1. The topological polar surface area (TPSA) is 149 Å². The largest absolute Gasteiger partial charge is 1.00 e. The normalized spacial score (nSPS) is 31.8. The van der Waals surface area contributed by atoms with Gasteiger partial charge in [0.25, 0.3) is 0 Å². The van der Waals surface area contributed by atoms with E-state index in [9.17, 15) is 30.0 Å². The van der Waals surface area contributed by atoms with Crippen molar-refractivity contribution in [3.63, 3.8) is 0 Å². The second-order valence-corrected chi connectivity index (χ2v) is 4.88. The third kappa shape index (κ3) is 4.04. The number of benzene rings is 1. The summed E-state index contributed by atoms with van der Waals surface area (Å²) in [6, 6.07) is -3.98. The van der Waals surface area contributed by atoms with Crippen molar-refractivity contribution in [1.82, 2.24) is 0 Å². The van der Waals surface area contributed by atoms with Crippen LogP contribution in [0.15, 0.2) is 39.4 Å². The van der Waals surface area contributed by atoms with E-state index in [-0.39, 0.29) is 29.6 Å². The van der Waals surface area contributed by atoms with Crippen LogP contribution >= 0.6 is 0 Å². The van der Waals surface area contributed by atoms with Crippen molar-refractivity contribution in [3.05, 3.63) is 40.6 Å². The summed E-state index contributed by atoms with van der Waals surface area (Å²) in [6.07, 6.45) is -10.2. The Balaban J connectivity index is 0.00000320. The molecule has 5 atom stereocenters. The number of hydrogen-bond acceptors (Lipinski definition) is 9. The summed E-state index contributed by atoms with van der Waals surface area (Å²) < 4.78 is 54.0. The van der Waals surface area contributed by atoms with Crippen LogP contribution in [0, 0.1) is 0 Å². The van der Waals surface area contributed by atoms with Gasteiger partial charge in [0.15, 0.2) is 0 Å². The molecule has 1 aromatic carbocycles. The molecule has 1 aliphatic heterocycles. The van der Waals surface area contributed by atoms with Crippen molar-refractivity contribution >= 4 is 16.9 Å². The summed E-state index contributed by atoms with van der Waals surface area (Å²) in [5.74, 6) is -2.71. The molecular formula is C15H13NaO9. The number of aliphatic carboxylic acids is 1. The van der Waals surface area contributed by atoms with Gasteiger partial charge in [-0.2, -0.15) is 0 Å². The summed E-state index contributed by atoms with van der Waals surface area (Å²) in [5.41, 5.74) is -1.92. The first-order chi connectivity index (χ1) is 13.5. The minimum Gasteiger partial charge on any atom is -0.547 e. The minimum atomic E-state index is -2.11. The average Bonchev–Trinajstić information content (AvgIpc) is 2.66. The van der Waals surface area contributed by atoms with Crippen LogP contribution in [0.2, 0.25) is 0 Å². The quantitative estimate of drug-likeness (QED) is 0.358. The Hall–Kier alpha value is -1.46. The number of carbonyl (C=O) groups excluding carboxylic acids is 1. The SMILES string of the molecule is [2H]c1c(OC2OC(C(=O)[O-])C(O)C(O)C2O)c([2H])c2oc(=O)c([2H])c([2H])c2c1[2H].[Na+]. The standard InChI is InChI=1S/C15H14O9.Na/c16-9-4-2-6-1-3-7(5-8(6)23-9)22-15-12(19)10(17)11(18)13(24-15)14(20)21;/h1-5,10-13,15,17-19H,(H,20,21);/q;+1/p-1/i1D,2D,3D,4D,5D;. The van der Waals surface area contributed by atoms with Crippen LogP contribution in [0.25, 0.3) is 11.0 Å². The Morgan fingerprint density at radius 3 is 2.52 bits per heavy atom. The monoisotopic (exact) mass is 365 g/mol. The van der Waals surface area contributed by atoms with E-state index in [1.54, 1.807) is 0 Å². The van der Waals surface area contributed by atoms with E-state index in [0.717, 1.165) is 0 Å². The maximum absolute atomic E-state index is 11.6. The number of hydrogen-bond donors (Lipinski definition) is 3. The number of fused-ring (bicyclic) bond motifs is 1. The maximum atomic E-state index is 11.6. The van der Waals surface area contributed by atoms with Crippen molar-refractivity contribution in [2.45, 2.75) is 30.7 Å². The molecule has 0 amide bonds. The predicted molar refractivity (Wildman–Crippen MR) is 74.8 cm³/mol.